The van der Waals surface area contributed by atoms with Crippen molar-refractivity contribution in [2.45, 2.75) is 20.1 Å². The Bertz CT molecular complexity index is 1030. The van der Waals surface area contributed by atoms with Crippen molar-refractivity contribution in [1.82, 2.24) is 14.3 Å². The van der Waals surface area contributed by atoms with Gasteiger partial charge in [0.1, 0.15) is 13.2 Å². The molecular formula is C19H19ClN4O3. The van der Waals surface area contributed by atoms with Gasteiger partial charge in [0.25, 0.3) is 0 Å². The number of halogens is 1. The minimum Gasteiger partial charge on any atom is -0.483 e. The average molecular weight is 387 g/mol. The summed E-state index contributed by atoms with van der Waals surface area (Å²) in [7, 11) is 1.77. The van der Waals surface area contributed by atoms with Crippen molar-refractivity contribution in [1.29, 1.82) is 0 Å². The lowest BCUT2D eigenvalue weighted by Crippen LogP contribution is -2.22. The molecule has 1 aromatic carbocycles. The second-order valence-electron chi connectivity index (χ2n) is 6.10. The van der Waals surface area contributed by atoms with Crippen molar-refractivity contribution in [3.8, 4) is 5.75 Å². The lowest BCUT2D eigenvalue weighted by Gasteiger charge is -2.13. The Morgan fingerprint density at radius 1 is 1.30 bits per heavy atom. The van der Waals surface area contributed by atoms with E-state index < -0.39 is 0 Å². The van der Waals surface area contributed by atoms with Crippen molar-refractivity contribution in [3.05, 3.63) is 75.4 Å². The topological polar surface area (TPSA) is 78.2 Å². The van der Waals surface area contributed by atoms with E-state index in [-0.39, 0.29) is 30.2 Å². The molecule has 0 bridgehead atoms. The molecule has 0 fully saturated rings. The van der Waals surface area contributed by atoms with E-state index in [1.165, 1.54) is 12.3 Å². The quantitative estimate of drug-likeness (QED) is 0.706. The van der Waals surface area contributed by atoms with Crippen LogP contribution < -0.4 is 15.5 Å². The number of nitrogens with one attached hydrogen (secondary N) is 1. The summed E-state index contributed by atoms with van der Waals surface area (Å²) in [6.07, 6.45) is 4.81. The molecule has 2 heterocycles. The first-order chi connectivity index (χ1) is 12.9. The number of hydrogen-bond donors (Lipinski definition) is 1. The zero-order chi connectivity index (χ0) is 19.4. The predicted octanol–water partition coefficient (Wildman–Crippen LogP) is 2.76. The fraction of sp³-hybridized carbons (Fsp3) is 0.211. The summed E-state index contributed by atoms with van der Waals surface area (Å²) in [6.45, 7) is 1.97. The summed E-state index contributed by atoms with van der Waals surface area (Å²) >= 11 is 6.11. The third-order valence-electron chi connectivity index (χ3n) is 3.95. The number of aryl methyl sites for hydroxylation is 2. The molecule has 0 radical (unpaired) electrons. The number of pyridine rings is 1. The standard InChI is InChI=1S/C19H19ClN4O3/c1-13-7-17(25)18(27-12-14-5-3-4-6-16(14)20)10-24(13)11-19(26)22-15-8-21-23(2)9-15/h3-10H,11-12H2,1-2H3,(H,22,26). The molecule has 0 saturated carbocycles. The van der Waals surface area contributed by atoms with Gasteiger partial charge in [-0.15, -0.1) is 0 Å². The van der Waals surface area contributed by atoms with Gasteiger partial charge in [-0.25, -0.2) is 0 Å². The van der Waals surface area contributed by atoms with Crippen LogP contribution in [0.4, 0.5) is 5.69 Å². The Morgan fingerprint density at radius 3 is 2.78 bits per heavy atom. The third-order valence-corrected chi connectivity index (χ3v) is 4.32. The van der Waals surface area contributed by atoms with Crippen LogP contribution in [0.3, 0.4) is 0 Å². The van der Waals surface area contributed by atoms with Crippen LogP contribution in [-0.4, -0.2) is 20.3 Å². The minimum absolute atomic E-state index is 0.0451. The number of amides is 1. The number of anilines is 1. The molecule has 0 aliphatic carbocycles. The molecule has 0 aliphatic heterocycles. The van der Waals surface area contributed by atoms with E-state index in [0.717, 1.165) is 5.56 Å². The highest BCUT2D eigenvalue weighted by Crippen LogP contribution is 2.17. The molecule has 1 amide bonds. The minimum atomic E-state index is -0.247. The highest BCUT2D eigenvalue weighted by atomic mass is 35.5. The van der Waals surface area contributed by atoms with Crippen LogP contribution in [-0.2, 0) is 25.0 Å². The number of carbonyl (C=O) groups is 1. The Morgan fingerprint density at radius 2 is 2.07 bits per heavy atom. The van der Waals surface area contributed by atoms with Crippen LogP contribution in [0.25, 0.3) is 0 Å². The van der Waals surface area contributed by atoms with Crippen LogP contribution in [0.2, 0.25) is 5.02 Å². The van der Waals surface area contributed by atoms with E-state index in [2.05, 4.69) is 10.4 Å². The second-order valence-corrected chi connectivity index (χ2v) is 6.51. The average Bonchev–Trinajstić information content (AvgIpc) is 3.02. The number of ether oxygens (including phenoxy) is 1. The maximum absolute atomic E-state index is 12.3. The van der Waals surface area contributed by atoms with Crippen LogP contribution in [0.15, 0.2) is 53.7 Å². The van der Waals surface area contributed by atoms with Crippen molar-refractivity contribution >= 4 is 23.2 Å². The smallest absolute Gasteiger partial charge is 0.244 e. The van der Waals surface area contributed by atoms with Gasteiger partial charge in [0.15, 0.2) is 5.75 Å². The summed E-state index contributed by atoms with van der Waals surface area (Å²) in [5.41, 5.74) is 1.80. The van der Waals surface area contributed by atoms with Crippen molar-refractivity contribution < 1.29 is 9.53 Å². The van der Waals surface area contributed by atoms with Gasteiger partial charge in [0.05, 0.1) is 18.1 Å². The van der Waals surface area contributed by atoms with Crippen LogP contribution >= 0.6 is 11.6 Å². The summed E-state index contributed by atoms with van der Waals surface area (Å²) < 4.78 is 8.90. The summed E-state index contributed by atoms with van der Waals surface area (Å²) in [6, 6.07) is 8.71. The number of carbonyl (C=O) groups excluding carboxylic acids is 1. The zero-order valence-corrected chi connectivity index (χ0v) is 15.7. The van der Waals surface area contributed by atoms with Gasteiger partial charge in [-0.3, -0.25) is 14.3 Å². The first-order valence-corrected chi connectivity index (χ1v) is 8.66. The van der Waals surface area contributed by atoms with Crippen LogP contribution in [0.5, 0.6) is 5.75 Å². The van der Waals surface area contributed by atoms with Crippen molar-refractivity contribution in [2.24, 2.45) is 7.05 Å². The van der Waals surface area contributed by atoms with E-state index in [0.29, 0.717) is 16.4 Å². The van der Waals surface area contributed by atoms with E-state index in [4.69, 9.17) is 16.3 Å². The van der Waals surface area contributed by atoms with Gasteiger partial charge < -0.3 is 14.6 Å². The zero-order valence-electron chi connectivity index (χ0n) is 15.0. The maximum atomic E-state index is 12.3. The van der Waals surface area contributed by atoms with E-state index in [9.17, 15) is 9.59 Å². The Hall–Kier alpha value is -3.06. The summed E-state index contributed by atoms with van der Waals surface area (Å²) in [5.74, 6) is -0.0681. The first kappa shape index (κ1) is 18.7. The summed E-state index contributed by atoms with van der Waals surface area (Å²) in [4.78, 5) is 24.5. The summed E-state index contributed by atoms with van der Waals surface area (Å²) in [5, 5.41) is 7.33. The Balaban J connectivity index is 1.72. The largest absolute Gasteiger partial charge is 0.483 e. The van der Waals surface area contributed by atoms with E-state index in [1.807, 2.05) is 18.2 Å². The Labute approximate surface area is 161 Å². The molecule has 0 aliphatic rings. The maximum Gasteiger partial charge on any atom is 0.244 e. The molecule has 0 unspecified atom stereocenters. The van der Waals surface area contributed by atoms with Gasteiger partial charge in [-0.1, -0.05) is 29.8 Å². The molecule has 3 rings (SSSR count). The molecule has 0 saturated heterocycles. The predicted molar refractivity (Wildman–Crippen MR) is 103 cm³/mol. The monoisotopic (exact) mass is 386 g/mol. The van der Waals surface area contributed by atoms with Gasteiger partial charge in [-0.05, 0) is 13.0 Å². The number of rotatable bonds is 6. The van der Waals surface area contributed by atoms with Gasteiger partial charge >= 0.3 is 0 Å². The highest BCUT2D eigenvalue weighted by Gasteiger charge is 2.10. The Kier molecular flexibility index (Phi) is 5.61. The molecule has 2 aromatic heterocycles. The molecule has 3 aromatic rings. The van der Waals surface area contributed by atoms with E-state index >= 15 is 0 Å². The highest BCUT2D eigenvalue weighted by molar-refractivity contribution is 6.31. The van der Waals surface area contributed by atoms with Gasteiger partial charge in [0.2, 0.25) is 11.3 Å². The number of benzene rings is 1. The molecule has 7 nitrogen and oxygen atoms in total. The normalized spacial score (nSPS) is 10.6. The molecular weight excluding hydrogens is 368 g/mol. The van der Waals surface area contributed by atoms with Crippen molar-refractivity contribution in [3.63, 3.8) is 0 Å². The molecule has 27 heavy (non-hydrogen) atoms. The number of hydrogen-bond acceptors (Lipinski definition) is 4. The fourth-order valence-corrected chi connectivity index (χ4v) is 2.73. The molecule has 0 atom stereocenters. The lowest BCUT2D eigenvalue weighted by molar-refractivity contribution is -0.116. The van der Waals surface area contributed by atoms with Crippen LogP contribution in [0, 0.1) is 6.92 Å². The first-order valence-electron chi connectivity index (χ1n) is 8.28. The van der Waals surface area contributed by atoms with Crippen molar-refractivity contribution in [2.75, 3.05) is 5.32 Å². The molecule has 1 N–H and O–H groups in total. The van der Waals surface area contributed by atoms with Gasteiger partial charge in [-0.2, -0.15) is 5.10 Å². The number of nitrogens with zero attached hydrogens (tertiary/aromatic N) is 3. The van der Waals surface area contributed by atoms with E-state index in [1.54, 1.807) is 41.7 Å². The fourth-order valence-electron chi connectivity index (χ4n) is 2.54. The number of aromatic nitrogens is 3. The molecule has 0 spiro atoms. The second kappa shape index (κ2) is 8.09. The third kappa shape index (κ3) is 4.77. The lowest BCUT2D eigenvalue weighted by atomic mass is 10.2. The van der Waals surface area contributed by atoms with Crippen LogP contribution in [0.1, 0.15) is 11.3 Å². The molecule has 140 valence electrons. The SMILES string of the molecule is Cc1cc(=O)c(OCc2ccccc2Cl)cn1CC(=O)Nc1cnn(C)c1. The molecule has 8 heteroatoms. The van der Waals surface area contributed by atoms with Gasteiger partial charge in [0, 0.05) is 35.6 Å².